The molecule has 0 bridgehead atoms. The summed E-state index contributed by atoms with van der Waals surface area (Å²) in [6.07, 6.45) is 0. The molecule has 0 fully saturated rings. The Bertz CT molecular complexity index is 977. The molecule has 0 aromatic heterocycles. The van der Waals surface area contributed by atoms with E-state index in [1.807, 2.05) is 0 Å². The Hall–Kier alpha value is -2.98. The summed E-state index contributed by atoms with van der Waals surface area (Å²) in [6, 6.07) is 11.0. The molecule has 1 unspecified atom stereocenters. The number of hydrogen-bond donors (Lipinski definition) is 3. The Labute approximate surface area is 175 Å². The van der Waals surface area contributed by atoms with Crippen molar-refractivity contribution in [3.8, 4) is 0 Å². The molecule has 1 atom stereocenters. The Morgan fingerprint density at radius 1 is 1.00 bits per heavy atom. The number of nitrogens with one attached hydrogen (secondary N) is 3. The van der Waals surface area contributed by atoms with Crippen molar-refractivity contribution < 1.29 is 22.4 Å². The van der Waals surface area contributed by atoms with Crippen molar-refractivity contribution in [1.29, 1.82) is 0 Å². The molecule has 0 radical (unpaired) electrons. The van der Waals surface area contributed by atoms with Gasteiger partial charge in [-0.1, -0.05) is 24.3 Å². The zero-order valence-corrected chi connectivity index (χ0v) is 17.8. The van der Waals surface area contributed by atoms with Crippen LogP contribution in [0.3, 0.4) is 0 Å². The lowest BCUT2D eigenvalue weighted by Gasteiger charge is -2.16. The van der Waals surface area contributed by atoms with E-state index < -0.39 is 22.0 Å². The summed E-state index contributed by atoms with van der Waals surface area (Å²) >= 11 is 0. The SMILES string of the molecule is CC(NC(=O)CNC(=O)NCc1ccc(F)cc1)c1ccc(S(=O)(=O)N(C)C)cc1. The van der Waals surface area contributed by atoms with Crippen LogP contribution in [0.1, 0.15) is 24.1 Å². The fraction of sp³-hybridized carbons (Fsp3) is 0.300. The first-order valence-corrected chi connectivity index (χ1v) is 10.6. The summed E-state index contributed by atoms with van der Waals surface area (Å²) in [6.45, 7) is 1.72. The van der Waals surface area contributed by atoms with Crippen molar-refractivity contribution in [2.45, 2.75) is 24.4 Å². The molecule has 8 nitrogen and oxygen atoms in total. The minimum Gasteiger partial charge on any atom is -0.348 e. The van der Waals surface area contributed by atoms with Crippen molar-refractivity contribution >= 4 is 22.0 Å². The van der Waals surface area contributed by atoms with Crippen LogP contribution in [-0.2, 0) is 21.4 Å². The van der Waals surface area contributed by atoms with E-state index in [4.69, 9.17) is 0 Å². The van der Waals surface area contributed by atoms with E-state index in [2.05, 4.69) is 16.0 Å². The molecule has 3 N–H and O–H groups in total. The molecule has 0 aliphatic carbocycles. The van der Waals surface area contributed by atoms with Gasteiger partial charge in [0, 0.05) is 20.6 Å². The predicted octanol–water partition coefficient (Wildman–Crippen LogP) is 1.75. The van der Waals surface area contributed by atoms with Crippen LogP contribution in [0.25, 0.3) is 0 Å². The van der Waals surface area contributed by atoms with Gasteiger partial charge in [0.1, 0.15) is 5.82 Å². The van der Waals surface area contributed by atoms with Crippen LogP contribution in [0, 0.1) is 5.82 Å². The maximum atomic E-state index is 12.9. The fourth-order valence-electron chi connectivity index (χ4n) is 2.52. The van der Waals surface area contributed by atoms with Gasteiger partial charge < -0.3 is 16.0 Å². The molecule has 2 aromatic rings. The predicted molar refractivity (Wildman–Crippen MR) is 111 cm³/mol. The largest absolute Gasteiger partial charge is 0.348 e. The minimum absolute atomic E-state index is 0.161. The fourth-order valence-corrected chi connectivity index (χ4v) is 3.42. The standard InChI is InChI=1S/C20H25FN4O4S/c1-14(16-6-10-18(11-7-16)30(28,29)25(2)3)24-19(26)13-23-20(27)22-12-15-4-8-17(21)9-5-15/h4-11,14H,12-13H2,1-3H3,(H,24,26)(H2,22,23,27). The van der Waals surface area contributed by atoms with Crippen LogP contribution in [0.5, 0.6) is 0 Å². The van der Waals surface area contributed by atoms with Crippen LogP contribution < -0.4 is 16.0 Å². The summed E-state index contributed by atoms with van der Waals surface area (Å²) in [7, 11) is -0.609. The number of sulfonamides is 1. The number of hydrogen-bond acceptors (Lipinski definition) is 4. The quantitative estimate of drug-likeness (QED) is 0.586. The molecule has 0 saturated heterocycles. The molecule has 30 heavy (non-hydrogen) atoms. The van der Waals surface area contributed by atoms with E-state index in [1.165, 1.54) is 38.4 Å². The highest BCUT2D eigenvalue weighted by atomic mass is 32.2. The summed E-state index contributed by atoms with van der Waals surface area (Å²) in [5.74, 6) is -0.757. The number of nitrogens with zero attached hydrogens (tertiary/aromatic N) is 1. The monoisotopic (exact) mass is 436 g/mol. The molecule has 162 valence electrons. The van der Waals surface area contributed by atoms with E-state index in [-0.39, 0.29) is 29.8 Å². The van der Waals surface area contributed by atoms with Crippen molar-refractivity contribution in [2.24, 2.45) is 0 Å². The van der Waals surface area contributed by atoms with Crippen molar-refractivity contribution in [3.63, 3.8) is 0 Å². The number of urea groups is 1. The second-order valence-electron chi connectivity index (χ2n) is 6.81. The Morgan fingerprint density at radius 2 is 1.60 bits per heavy atom. The molecule has 0 saturated carbocycles. The minimum atomic E-state index is -3.52. The van der Waals surface area contributed by atoms with Crippen molar-refractivity contribution in [2.75, 3.05) is 20.6 Å². The first-order chi connectivity index (χ1) is 14.1. The summed E-state index contributed by atoms with van der Waals surface area (Å²) in [5, 5.41) is 7.75. The highest BCUT2D eigenvalue weighted by Crippen LogP contribution is 2.18. The molecule has 0 aliphatic heterocycles. The lowest BCUT2D eigenvalue weighted by molar-refractivity contribution is -0.120. The summed E-state index contributed by atoms with van der Waals surface area (Å²) < 4.78 is 38.2. The normalized spacial score (nSPS) is 12.3. The van der Waals surface area contributed by atoms with Gasteiger partial charge in [0.05, 0.1) is 17.5 Å². The third kappa shape index (κ3) is 6.53. The third-order valence-electron chi connectivity index (χ3n) is 4.31. The van der Waals surface area contributed by atoms with Crippen LogP contribution >= 0.6 is 0 Å². The number of carbonyl (C=O) groups is 2. The number of rotatable bonds is 8. The lowest BCUT2D eigenvalue weighted by Crippen LogP contribution is -2.42. The first-order valence-electron chi connectivity index (χ1n) is 9.17. The maximum absolute atomic E-state index is 12.9. The molecule has 10 heteroatoms. The Morgan fingerprint density at radius 3 is 2.17 bits per heavy atom. The maximum Gasteiger partial charge on any atom is 0.315 e. The van der Waals surface area contributed by atoms with Gasteiger partial charge in [-0.25, -0.2) is 21.9 Å². The molecule has 2 aromatic carbocycles. The summed E-state index contributed by atoms with van der Waals surface area (Å²) in [4.78, 5) is 24.0. The van der Waals surface area contributed by atoms with Crippen molar-refractivity contribution in [3.05, 3.63) is 65.5 Å². The second-order valence-corrected chi connectivity index (χ2v) is 8.96. The highest BCUT2D eigenvalue weighted by Gasteiger charge is 2.18. The third-order valence-corrected chi connectivity index (χ3v) is 6.14. The summed E-state index contributed by atoms with van der Waals surface area (Å²) in [5.41, 5.74) is 1.45. The second kappa shape index (κ2) is 10.2. The zero-order valence-electron chi connectivity index (χ0n) is 17.0. The van der Waals surface area contributed by atoms with E-state index in [9.17, 15) is 22.4 Å². The van der Waals surface area contributed by atoms with Gasteiger partial charge >= 0.3 is 6.03 Å². The van der Waals surface area contributed by atoms with E-state index in [0.29, 0.717) is 0 Å². The molecular weight excluding hydrogens is 411 g/mol. The van der Waals surface area contributed by atoms with Crippen molar-refractivity contribution in [1.82, 2.24) is 20.3 Å². The Balaban J connectivity index is 1.80. The van der Waals surface area contributed by atoms with Crippen LogP contribution in [-0.4, -0.2) is 45.3 Å². The van der Waals surface area contributed by atoms with E-state index >= 15 is 0 Å². The average molecular weight is 437 g/mol. The van der Waals surface area contributed by atoms with Gasteiger partial charge in [0.25, 0.3) is 0 Å². The van der Waals surface area contributed by atoms with Gasteiger partial charge in [-0.15, -0.1) is 0 Å². The zero-order chi connectivity index (χ0) is 22.3. The lowest BCUT2D eigenvalue weighted by atomic mass is 10.1. The molecule has 0 heterocycles. The number of benzene rings is 2. The number of amides is 3. The Kier molecular flexibility index (Phi) is 7.90. The van der Waals surface area contributed by atoms with Gasteiger partial charge in [-0.2, -0.15) is 0 Å². The van der Waals surface area contributed by atoms with Crippen LogP contribution in [0.15, 0.2) is 53.4 Å². The molecular formula is C20H25FN4O4S. The number of halogens is 1. The number of carbonyl (C=O) groups excluding carboxylic acids is 2. The topological polar surface area (TPSA) is 108 Å². The first kappa shape index (κ1) is 23.3. The van der Waals surface area contributed by atoms with Crippen LogP contribution in [0.2, 0.25) is 0 Å². The molecule has 0 spiro atoms. The molecule has 2 rings (SSSR count). The van der Waals surface area contributed by atoms with Crippen LogP contribution in [0.4, 0.5) is 9.18 Å². The molecule has 0 aliphatic rings. The smallest absolute Gasteiger partial charge is 0.315 e. The van der Waals surface area contributed by atoms with Gasteiger partial charge in [-0.05, 0) is 42.3 Å². The van der Waals surface area contributed by atoms with E-state index in [1.54, 1.807) is 31.2 Å². The van der Waals surface area contributed by atoms with E-state index in [0.717, 1.165) is 15.4 Å². The molecule has 3 amide bonds. The highest BCUT2D eigenvalue weighted by molar-refractivity contribution is 7.89. The van der Waals surface area contributed by atoms with Gasteiger partial charge in [0.15, 0.2) is 0 Å². The van der Waals surface area contributed by atoms with Gasteiger partial charge in [-0.3, -0.25) is 4.79 Å². The van der Waals surface area contributed by atoms with Gasteiger partial charge in [0.2, 0.25) is 15.9 Å². The average Bonchev–Trinajstić information content (AvgIpc) is 2.71.